The number of rotatable bonds is 13. The number of hydrogen-bond donors (Lipinski definition) is 3. The molecule has 1 fully saturated rings. The third kappa shape index (κ3) is 7.91. The number of fused-ring (bicyclic) bond motifs is 1. The zero-order valence-corrected chi connectivity index (χ0v) is 21.8. The first-order chi connectivity index (χ1) is 18.5. The lowest BCUT2D eigenvalue weighted by Crippen LogP contribution is -2.45. The highest BCUT2D eigenvalue weighted by Gasteiger charge is 2.25. The van der Waals surface area contributed by atoms with Crippen LogP contribution in [0.5, 0.6) is 11.5 Å². The Bertz CT molecular complexity index is 1090. The minimum absolute atomic E-state index is 0.00987. The third-order valence-corrected chi connectivity index (χ3v) is 7.15. The molecule has 38 heavy (non-hydrogen) atoms. The number of phenols is 1. The average molecular weight is 528 g/mol. The molecule has 0 spiro atoms. The van der Waals surface area contributed by atoms with Crippen molar-refractivity contribution in [2.75, 3.05) is 44.8 Å². The molecule has 1 aliphatic carbocycles. The van der Waals surface area contributed by atoms with E-state index in [-0.39, 0.29) is 36.0 Å². The normalized spacial score (nSPS) is 15.4. The molecule has 2 aliphatic rings. The predicted molar refractivity (Wildman–Crippen MR) is 143 cm³/mol. The molecule has 0 atom stereocenters. The van der Waals surface area contributed by atoms with Gasteiger partial charge in [0.25, 0.3) is 5.91 Å². The van der Waals surface area contributed by atoms with Crippen molar-refractivity contribution in [1.82, 2.24) is 10.2 Å². The monoisotopic (exact) mass is 527 g/mol. The van der Waals surface area contributed by atoms with Crippen molar-refractivity contribution in [3.05, 3.63) is 53.3 Å². The molecule has 4 rings (SSSR count). The van der Waals surface area contributed by atoms with Crippen molar-refractivity contribution in [2.45, 2.75) is 57.4 Å². The highest BCUT2D eigenvalue weighted by atomic mass is 19.1. The molecule has 2 amide bonds. The lowest BCUT2D eigenvalue weighted by molar-refractivity contribution is -0.135. The first kappa shape index (κ1) is 27.9. The second-order valence-corrected chi connectivity index (χ2v) is 9.91. The Morgan fingerprint density at radius 1 is 1.13 bits per heavy atom. The molecule has 1 saturated carbocycles. The van der Waals surface area contributed by atoms with Gasteiger partial charge in [-0.05, 0) is 61.6 Å². The molecule has 0 unspecified atom stereocenters. The number of ether oxygens (including phenoxy) is 2. The number of nitrogens with zero attached hydrogens (tertiary/aromatic N) is 1. The SMILES string of the molecule is O=C1COc2c(CCNCCN(C(=O)CCOCCc3cccc(F)c3)C3CCCCC3)ccc(O)c2N1. The van der Waals surface area contributed by atoms with Crippen LogP contribution in [0.1, 0.15) is 49.7 Å². The van der Waals surface area contributed by atoms with Crippen molar-refractivity contribution in [3.63, 3.8) is 0 Å². The van der Waals surface area contributed by atoms with Crippen LogP contribution in [0, 0.1) is 5.82 Å². The second-order valence-electron chi connectivity index (χ2n) is 9.91. The highest BCUT2D eigenvalue weighted by molar-refractivity contribution is 5.97. The Morgan fingerprint density at radius 2 is 1.97 bits per heavy atom. The van der Waals surface area contributed by atoms with E-state index >= 15 is 0 Å². The fraction of sp³-hybridized carbons (Fsp3) is 0.517. The topological polar surface area (TPSA) is 100 Å². The largest absolute Gasteiger partial charge is 0.506 e. The molecule has 206 valence electrons. The van der Waals surface area contributed by atoms with E-state index in [2.05, 4.69) is 10.6 Å². The summed E-state index contributed by atoms with van der Waals surface area (Å²) in [5.41, 5.74) is 2.11. The van der Waals surface area contributed by atoms with Crippen LogP contribution in [0.15, 0.2) is 36.4 Å². The minimum Gasteiger partial charge on any atom is -0.506 e. The van der Waals surface area contributed by atoms with Gasteiger partial charge in [-0.3, -0.25) is 9.59 Å². The number of phenolic OH excluding ortho intramolecular Hbond substituents is 1. The first-order valence-corrected chi connectivity index (χ1v) is 13.6. The summed E-state index contributed by atoms with van der Waals surface area (Å²) in [6.07, 6.45) is 7.20. The van der Waals surface area contributed by atoms with Crippen molar-refractivity contribution in [3.8, 4) is 11.5 Å². The molecule has 8 nitrogen and oxygen atoms in total. The van der Waals surface area contributed by atoms with Crippen LogP contribution in [0.25, 0.3) is 0 Å². The number of benzene rings is 2. The Kier molecular flexibility index (Phi) is 10.3. The summed E-state index contributed by atoms with van der Waals surface area (Å²) < 4.78 is 24.6. The fourth-order valence-corrected chi connectivity index (χ4v) is 5.15. The smallest absolute Gasteiger partial charge is 0.262 e. The molecule has 9 heteroatoms. The molecular weight excluding hydrogens is 489 g/mol. The van der Waals surface area contributed by atoms with E-state index in [1.54, 1.807) is 18.2 Å². The Hall–Kier alpha value is -3.17. The Labute approximate surface area is 223 Å². The van der Waals surface area contributed by atoms with E-state index in [0.29, 0.717) is 63.5 Å². The third-order valence-electron chi connectivity index (χ3n) is 7.15. The second kappa shape index (κ2) is 14.1. The number of anilines is 1. The zero-order valence-electron chi connectivity index (χ0n) is 21.8. The number of aromatic hydroxyl groups is 1. The molecule has 0 bridgehead atoms. The van der Waals surface area contributed by atoms with E-state index in [0.717, 1.165) is 36.8 Å². The summed E-state index contributed by atoms with van der Waals surface area (Å²) in [5.74, 6) is 0.0829. The van der Waals surface area contributed by atoms with Crippen LogP contribution in [0.4, 0.5) is 10.1 Å². The van der Waals surface area contributed by atoms with Gasteiger partial charge in [-0.15, -0.1) is 0 Å². The van der Waals surface area contributed by atoms with Gasteiger partial charge in [-0.2, -0.15) is 0 Å². The maximum Gasteiger partial charge on any atom is 0.262 e. The molecule has 1 heterocycles. The zero-order chi connectivity index (χ0) is 26.7. The van der Waals surface area contributed by atoms with Gasteiger partial charge in [0.15, 0.2) is 12.4 Å². The standard InChI is InChI=1S/C29H38FN3O5/c30-23-6-4-5-21(19-23)12-17-37-18-13-27(36)33(24-7-2-1-3-8-24)16-15-31-14-11-22-9-10-25(34)28-29(22)38-20-26(35)32-28/h4-6,9-10,19,24,31,34H,1-3,7-8,11-18,20H2,(H,32,35). The van der Waals surface area contributed by atoms with Crippen LogP contribution >= 0.6 is 0 Å². The lowest BCUT2D eigenvalue weighted by Gasteiger charge is -2.34. The van der Waals surface area contributed by atoms with Gasteiger partial charge in [0, 0.05) is 19.1 Å². The van der Waals surface area contributed by atoms with Gasteiger partial charge in [0.1, 0.15) is 17.3 Å². The Morgan fingerprint density at radius 3 is 2.79 bits per heavy atom. The number of amides is 2. The van der Waals surface area contributed by atoms with E-state index in [9.17, 15) is 19.1 Å². The number of hydrogen-bond acceptors (Lipinski definition) is 6. The first-order valence-electron chi connectivity index (χ1n) is 13.6. The molecule has 1 aliphatic heterocycles. The van der Waals surface area contributed by atoms with E-state index in [1.165, 1.54) is 18.6 Å². The number of carbonyl (C=O) groups excluding carboxylic acids is 2. The number of halogens is 1. The minimum atomic E-state index is -0.285. The quantitative estimate of drug-likeness (QED) is 0.271. The van der Waals surface area contributed by atoms with Crippen molar-refractivity contribution < 1.29 is 28.6 Å². The molecular formula is C29H38FN3O5. The molecule has 0 saturated heterocycles. The number of nitrogens with one attached hydrogen (secondary N) is 2. The molecule has 0 aromatic heterocycles. The van der Waals surface area contributed by atoms with E-state index in [4.69, 9.17) is 9.47 Å². The molecule has 2 aromatic rings. The lowest BCUT2D eigenvalue weighted by atomic mass is 9.94. The molecule has 3 N–H and O–H groups in total. The van der Waals surface area contributed by atoms with Crippen LogP contribution in [0.3, 0.4) is 0 Å². The van der Waals surface area contributed by atoms with Gasteiger partial charge in [-0.25, -0.2) is 4.39 Å². The summed E-state index contributed by atoms with van der Waals surface area (Å²) in [5, 5.41) is 16.1. The van der Waals surface area contributed by atoms with Gasteiger partial charge in [0.2, 0.25) is 5.91 Å². The van der Waals surface area contributed by atoms with E-state index in [1.807, 2.05) is 11.0 Å². The molecule has 2 aromatic carbocycles. The average Bonchev–Trinajstić information content (AvgIpc) is 2.92. The van der Waals surface area contributed by atoms with Crippen molar-refractivity contribution in [2.24, 2.45) is 0 Å². The summed E-state index contributed by atoms with van der Waals surface area (Å²) in [7, 11) is 0. The van der Waals surface area contributed by atoms with Gasteiger partial charge < -0.3 is 30.1 Å². The van der Waals surface area contributed by atoms with Crippen LogP contribution < -0.4 is 15.4 Å². The van der Waals surface area contributed by atoms with Crippen molar-refractivity contribution >= 4 is 17.5 Å². The number of carbonyl (C=O) groups is 2. The van der Waals surface area contributed by atoms with Crippen LogP contribution in [-0.4, -0.2) is 67.3 Å². The summed E-state index contributed by atoms with van der Waals surface area (Å²) in [4.78, 5) is 26.7. The van der Waals surface area contributed by atoms with E-state index < -0.39 is 0 Å². The van der Waals surface area contributed by atoms with Gasteiger partial charge >= 0.3 is 0 Å². The summed E-state index contributed by atoms with van der Waals surface area (Å²) in [6.45, 7) is 2.71. The fourth-order valence-electron chi connectivity index (χ4n) is 5.15. The predicted octanol–water partition coefficient (Wildman–Crippen LogP) is 3.81. The van der Waals surface area contributed by atoms with Crippen molar-refractivity contribution in [1.29, 1.82) is 0 Å². The van der Waals surface area contributed by atoms with Crippen LogP contribution in [0.2, 0.25) is 0 Å². The molecule has 0 radical (unpaired) electrons. The summed E-state index contributed by atoms with van der Waals surface area (Å²) >= 11 is 0. The summed E-state index contributed by atoms with van der Waals surface area (Å²) in [6, 6.07) is 10.1. The van der Waals surface area contributed by atoms with Gasteiger partial charge in [-0.1, -0.05) is 37.5 Å². The maximum atomic E-state index is 13.3. The maximum absolute atomic E-state index is 13.3. The van der Waals surface area contributed by atoms with Crippen LogP contribution in [-0.2, 0) is 27.2 Å². The van der Waals surface area contributed by atoms with Gasteiger partial charge in [0.05, 0.1) is 19.6 Å². The Balaban J connectivity index is 1.21. The highest BCUT2D eigenvalue weighted by Crippen LogP contribution is 2.39.